The summed E-state index contributed by atoms with van der Waals surface area (Å²) in [7, 11) is 0. The van der Waals surface area contributed by atoms with Crippen LogP contribution in [0.5, 0.6) is 0 Å². The van der Waals surface area contributed by atoms with E-state index >= 15 is 0 Å². The molecule has 0 aliphatic rings. The van der Waals surface area contributed by atoms with E-state index in [0.29, 0.717) is 0 Å². The molecule has 0 unspecified atom stereocenters. The SMILES string of the molecule is [O]=[GeH][O-].[O]=[GeH][O-].[O]=[GeH][O-].[Rb+].[Zn+2]. The molecule has 0 radical (unpaired) electrons. The minimum absolute atomic E-state index is 0. The van der Waals surface area contributed by atoms with Crippen molar-refractivity contribution in [3.05, 3.63) is 0 Å². The van der Waals surface area contributed by atoms with Gasteiger partial charge >= 0.3 is 149 Å². The Morgan fingerprint density at radius 1 is 0.727 bits per heavy atom. The van der Waals surface area contributed by atoms with E-state index in [0.717, 1.165) is 0 Å². The fraction of sp³-hybridized carbons (Fsp3) is 0. The standard InChI is InChI=1S/3GeHO2.Rb.Zn/c3*2-1-3;;/h3*1H;;/q3*-1;+1;+2. The van der Waals surface area contributed by atoms with E-state index in [9.17, 15) is 0 Å². The number of rotatable bonds is 0. The molecule has 0 spiro atoms. The Balaban J connectivity index is -0.0000000150. The molecular formula is H3Ge3O6RbZn. The molecule has 0 rings (SSSR count). The normalized spacial score (nSPS) is 3.27. The predicted octanol–water partition coefficient (Wildman–Crippen LogP) is -8.87. The van der Waals surface area contributed by atoms with Crippen molar-refractivity contribution in [2.45, 2.75) is 0 Å². The molecule has 11 heteroatoms. The summed E-state index contributed by atoms with van der Waals surface area (Å²) < 4.78 is 51.2. The summed E-state index contributed by atoms with van der Waals surface area (Å²) in [4.78, 5) is 0. The molecule has 0 heterocycles. The summed E-state index contributed by atoms with van der Waals surface area (Å²) in [6.07, 6.45) is 0. The molecule has 0 amide bonds. The van der Waals surface area contributed by atoms with E-state index in [4.69, 9.17) is 23.7 Å². The largest absolute Gasteiger partial charge is 2.00 e. The Hall–Kier alpha value is 2.86. The van der Waals surface area contributed by atoms with Crippen LogP contribution in [-0.2, 0) is 30.8 Å². The number of hydrogen-bond acceptors (Lipinski definition) is 6. The molecule has 0 aliphatic heterocycles. The molecule has 0 aromatic rings. The van der Waals surface area contributed by atoms with Gasteiger partial charge < -0.3 is 0 Å². The molecule has 54 valence electrons. The van der Waals surface area contributed by atoms with Gasteiger partial charge in [0.15, 0.2) is 0 Å². The Morgan fingerprint density at radius 3 is 0.727 bits per heavy atom. The van der Waals surface area contributed by atoms with Crippen molar-refractivity contribution < 1.29 is 101 Å². The Bertz CT molecular complexity index is 54.6. The maximum Gasteiger partial charge on any atom is 2.00 e. The summed E-state index contributed by atoms with van der Waals surface area (Å²) in [6.45, 7) is 0. The maximum absolute atomic E-state index is 8.53. The Morgan fingerprint density at radius 2 is 0.727 bits per heavy atom. The Labute approximate surface area is 145 Å². The second kappa shape index (κ2) is 52.7. The first-order valence-electron chi connectivity index (χ1n) is 1.41. The Kier molecular flexibility index (Phi) is 140. The second-order valence-electron chi connectivity index (χ2n) is 0.289. The van der Waals surface area contributed by atoms with E-state index in [2.05, 4.69) is 0 Å². The zero-order valence-corrected chi connectivity index (χ0v) is 21.0. The van der Waals surface area contributed by atoms with E-state index in [-0.39, 0.29) is 77.7 Å². The van der Waals surface area contributed by atoms with Gasteiger partial charge in [0, 0.05) is 0 Å². The predicted molar refractivity (Wildman–Crippen MR) is 23.5 cm³/mol. The smallest absolute Gasteiger partial charge is 1.00 e. The van der Waals surface area contributed by atoms with E-state index < -0.39 is 47.1 Å². The number of hydrogen-bond donors (Lipinski definition) is 0. The van der Waals surface area contributed by atoms with Gasteiger partial charge in [-0.1, -0.05) is 0 Å². The van der Waals surface area contributed by atoms with Gasteiger partial charge in [0.2, 0.25) is 0 Å². The van der Waals surface area contributed by atoms with Crippen molar-refractivity contribution in [1.29, 1.82) is 0 Å². The quantitative estimate of drug-likeness (QED) is 0.326. The van der Waals surface area contributed by atoms with Crippen LogP contribution >= 0.6 is 0 Å². The van der Waals surface area contributed by atoms with Crippen LogP contribution in [-0.4, -0.2) is 47.1 Å². The van der Waals surface area contributed by atoms with Crippen molar-refractivity contribution in [1.82, 2.24) is 0 Å². The van der Waals surface area contributed by atoms with Gasteiger partial charge in [-0.15, -0.1) is 0 Å². The molecule has 0 aromatic carbocycles. The van der Waals surface area contributed by atoms with Gasteiger partial charge in [-0.2, -0.15) is 0 Å². The average molecular weight is 468 g/mol. The van der Waals surface area contributed by atoms with Crippen molar-refractivity contribution >= 4 is 47.1 Å². The van der Waals surface area contributed by atoms with Crippen LogP contribution < -0.4 is 70.6 Å². The monoisotopic (exact) mass is 470 g/mol. The molecule has 0 aliphatic carbocycles. The molecule has 6 nitrogen and oxygen atoms in total. The molecule has 0 N–H and O–H groups in total. The molecule has 0 saturated carbocycles. The van der Waals surface area contributed by atoms with Crippen molar-refractivity contribution in [3.8, 4) is 0 Å². The van der Waals surface area contributed by atoms with Gasteiger partial charge in [0.1, 0.15) is 0 Å². The third-order valence-electron chi connectivity index (χ3n) is 0. The van der Waals surface area contributed by atoms with Crippen LogP contribution in [0.2, 0.25) is 0 Å². The van der Waals surface area contributed by atoms with Crippen LogP contribution in [0.25, 0.3) is 0 Å². The third kappa shape index (κ3) is 186. The minimum Gasteiger partial charge on any atom is 1.00 e. The van der Waals surface area contributed by atoms with Gasteiger partial charge in [0.05, 0.1) is 0 Å². The van der Waals surface area contributed by atoms with Gasteiger partial charge in [-0.3, -0.25) is 0 Å². The maximum atomic E-state index is 8.53. The van der Waals surface area contributed by atoms with Crippen molar-refractivity contribution in [3.63, 3.8) is 0 Å². The molecule has 0 bridgehead atoms. The summed E-state index contributed by atoms with van der Waals surface area (Å²) in [5, 5.41) is 0. The van der Waals surface area contributed by atoms with Crippen molar-refractivity contribution in [2.24, 2.45) is 0 Å². The zero-order chi connectivity index (χ0) is 8.12. The summed E-state index contributed by atoms with van der Waals surface area (Å²) in [5.41, 5.74) is 0. The molecule has 0 aromatic heterocycles. The fourth-order valence-electron chi connectivity index (χ4n) is 0. The van der Waals surface area contributed by atoms with Gasteiger partial charge in [-0.25, -0.2) is 0 Å². The summed E-state index contributed by atoms with van der Waals surface area (Å²) in [6, 6.07) is 0. The summed E-state index contributed by atoms with van der Waals surface area (Å²) >= 11 is -6.56. The van der Waals surface area contributed by atoms with Crippen LogP contribution in [0.15, 0.2) is 0 Å². The molecule has 0 saturated heterocycles. The van der Waals surface area contributed by atoms with E-state index in [1.54, 1.807) is 0 Å². The molecule has 0 fully saturated rings. The zero-order valence-electron chi connectivity index (χ0n) is 5.89. The van der Waals surface area contributed by atoms with Gasteiger partial charge in [-0.05, 0) is 0 Å². The van der Waals surface area contributed by atoms with E-state index in [1.165, 1.54) is 0 Å². The average Bonchev–Trinajstić information content (AvgIpc) is 1.70. The first kappa shape index (κ1) is 29.2. The second-order valence-corrected chi connectivity index (χ2v) is 1.50. The van der Waals surface area contributed by atoms with Crippen LogP contribution in [0.3, 0.4) is 0 Å². The van der Waals surface area contributed by atoms with E-state index in [1.807, 2.05) is 0 Å². The van der Waals surface area contributed by atoms with Crippen LogP contribution in [0, 0.1) is 0 Å². The molecule has 0 atom stereocenters. The van der Waals surface area contributed by atoms with Crippen LogP contribution in [0.4, 0.5) is 0 Å². The minimum atomic E-state index is -2.19. The third-order valence-corrected chi connectivity index (χ3v) is 0. The molecule has 11 heavy (non-hydrogen) atoms. The fourth-order valence-corrected chi connectivity index (χ4v) is 0. The van der Waals surface area contributed by atoms with Gasteiger partial charge in [0.25, 0.3) is 0 Å². The van der Waals surface area contributed by atoms with Crippen molar-refractivity contribution in [2.75, 3.05) is 0 Å². The first-order chi connectivity index (χ1) is 4.24. The molecular weight excluding hydrogens is 465 g/mol. The van der Waals surface area contributed by atoms with Crippen LogP contribution in [0.1, 0.15) is 0 Å². The summed E-state index contributed by atoms with van der Waals surface area (Å²) in [5.74, 6) is 0. The first-order valence-corrected chi connectivity index (χ1v) is 7.35. The topological polar surface area (TPSA) is 120 Å².